The van der Waals surface area contributed by atoms with Gasteiger partial charge in [0.1, 0.15) is 0 Å². The molecule has 2 N–H and O–H groups in total. The molecule has 3 nitrogen and oxygen atoms in total. The largest absolute Gasteiger partial charge is 0.331 e. The number of hydrogen-bond acceptors (Lipinski definition) is 3. The van der Waals surface area contributed by atoms with Crippen molar-refractivity contribution in [2.24, 2.45) is 5.73 Å². The van der Waals surface area contributed by atoms with E-state index in [9.17, 15) is 4.79 Å². The predicted molar refractivity (Wildman–Crippen MR) is 69.7 cm³/mol. The number of rotatable bonds is 1. The molecule has 0 aliphatic carbocycles. The van der Waals surface area contributed by atoms with Crippen molar-refractivity contribution < 1.29 is 4.79 Å². The maximum absolute atomic E-state index is 12.3. The van der Waals surface area contributed by atoms with Crippen LogP contribution in [0.2, 0.25) is 0 Å². The first-order valence-corrected chi connectivity index (χ1v) is 6.92. The monoisotopic (exact) mass is 302 g/mol. The van der Waals surface area contributed by atoms with Crippen molar-refractivity contribution in [3.63, 3.8) is 0 Å². The lowest BCUT2D eigenvalue weighted by Crippen LogP contribution is -2.50. The molecule has 1 aromatic heterocycles. The Morgan fingerprint density at radius 2 is 2.38 bits per heavy atom. The molecule has 0 bridgehead atoms. The van der Waals surface area contributed by atoms with Gasteiger partial charge in [0.05, 0.1) is 10.4 Å². The minimum absolute atomic E-state index is 0.0693. The Morgan fingerprint density at radius 1 is 1.69 bits per heavy atom. The standard InChI is InChI=1S/C11H15BrN2OS/c1-11(2)9(13)3-4-14(11)10(15)8-5-7(12)6-16-8/h5-6,9H,3-4,13H2,1-2H3. The molecule has 0 saturated carbocycles. The number of halogens is 1. The fraction of sp³-hybridized carbons (Fsp3) is 0.545. The normalized spacial score (nSPS) is 23.8. The number of carbonyl (C=O) groups excluding carboxylic acids is 1. The third-order valence-corrected chi connectivity index (χ3v) is 4.97. The van der Waals surface area contributed by atoms with Crippen LogP contribution in [0.25, 0.3) is 0 Å². The second-order valence-corrected chi connectivity index (χ2v) is 6.46. The van der Waals surface area contributed by atoms with E-state index in [2.05, 4.69) is 15.9 Å². The van der Waals surface area contributed by atoms with E-state index in [1.807, 2.05) is 30.2 Å². The van der Waals surface area contributed by atoms with E-state index < -0.39 is 0 Å². The lowest BCUT2D eigenvalue weighted by molar-refractivity contribution is 0.0642. The first kappa shape index (κ1) is 12.1. The molecule has 1 amide bonds. The number of hydrogen-bond donors (Lipinski definition) is 1. The van der Waals surface area contributed by atoms with Crippen LogP contribution in [0.1, 0.15) is 29.9 Å². The van der Waals surface area contributed by atoms with E-state index in [-0.39, 0.29) is 17.5 Å². The minimum atomic E-state index is -0.243. The molecule has 16 heavy (non-hydrogen) atoms. The molecule has 1 unspecified atom stereocenters. The maximum atomic E-state index is 12.3. The molecule has 5 heteroatoms. The molecule has 0 spiro atoms. The average Bonchev–Trinajstić information content (AvgIpc) is 2.73. The van der Waals surface area contributed by atoms with Crippen LogP contribution in [-0.2, 0) is 0 Å². The Kier molecular flexibility index (Phi) is 3.11. The Balaban J connectivity index is 2.23. The SMILES string of the molecule is CC1(C)C(N)CCN1C(=O)c1cc(Br)cs1. The van der Waals surface area contributed by atoms with Gasteiger partial charge in [-0.2, -0.15) is 0 Å². The molecule has 2 heterocycles. The molecule has 1 aromatic rings. The van der Waals surface area contributed by atoms with Gasteiger partial charge in [-0.1, -0.05) is 0 Å². The summed E-state index contributed by atoms with van der Waals surface area (Å²) in [6.45, 7) is 4.82. The highest BCUT2D eigenvalue weighted by Crippen LogP contribution is 2.31. The van der Waals surface area contributed by atoms with Gasteiger partial charge in [-0.15, -0.1) is 11.3 Å². The minimum Gasteiger partial charge on any atom is -0.331 e. The Labute approximate surface area is 108 Å². The predicted octanol–water partition coefficient (Wildman–Crippen LogP) is 2.46. The van der Waals surface area contributed by atoms with Crippen LogP contribution >= 0.6 is 27.3 Å². The van der Waals surface area contributed by atoms with Crippen LogP contribution in [0.5, 0.6) is 0 Å². The number of thiophene rings is 1. The molecule has 88 valence electrons. The van der Waals surface area contributed by atoms with E-state index >= 15 is 0 Å². The Bertz CT molecular complexity index is 416. The number of likely N-dealkylation sites (tertiary alicyclic amines) is 1. The summed E-state index contributed by atoms with van der Waals surface area (Å²) in [7, 11) is 0. The lowest BCUT2D eigenvalue weighted by atomic mass is 9.97. The number of nitrogens with two attached hydrogens (primary N) is 1. The van der Waals surface area contributed by atoms with Gasteiger partial charge in [-0.05, 0) is 42.3 Å². The summed E-state index contributed by atoms with van der Waals surface area (Å²) in [6.07, 6.45) is 0.880. The molecule has 1 aliphatic heterocycles. The molecule has 1 aliphatic rings. The van der Waals surface area contributed by atoms with Crippen molar-refractivity contribution >= 4 is 33.2 Å². The average molecular weight is 303 g/mol. The van der Waals surface area contributed by atoms with Gasteiger partial charge >= 0.3 is 0 Å². The topological polar surface area (TPSA) is 46.3 Å². The van der Waals surface area contributed by atoms with E-state index in [1.54, 1.807) is 0 Å². The number of carbonyl (C=O) groups is 1. The first-order chi connectivity index (χ1) is 7.43. The van der Waals surface area contributed by atoms with Gasteiger partial charge in [-0.3, -0.25) is 4.79 Å². The van der Waals surface area contributed by atoms with Crippen LogP contribution in [0.3, 0.4) is 0 Å². The zero-order valence-corrected chi connectivity index (χ0v) is 11.8. The first-order valence-electron chi connectivity index (χ1n) is 5.24. The zero-order valence-electron chi connectivity index (χ0n) is 9.37. The van der Waals surface area contributed by atoms with Gasteiger partial charge < -0.3 is 10.6 Å². The summed E-state index contributed by atoms with van der Waals surface area (Å²) in [5.41, 5.74) is 5.78. The molecule has 1 saturated heterocycles. The fourth-order valence-corrected chi connectivity index (χ4v) is 3.41. The highest BCUT2D eigenvalue weighted by Gasteiger charge is 2.42. The number of amides is 1. The molecule has 2 rings (SSSR count). The van der Waals surface area contributed by atoms with E-state index in [4.69, 9.17) is 5.73 Å². The molecular weight excluding hydrogens is 288 g/mol. The van der Waals surface area contributed by atoms with Gasteiger partial charge in [0.25, 0.3) is 5.91 Å². The third-order valence-electron chi connectivity index (χ3n) is 3.29. The molecular formula is C11H15BrN2OS. The van der Waals surface area contributed by atoms with E-state index in [0.717, 1.165) is 22.3 Å². The third kappa shape index (κ3) is 1.92. The molecule has 0 aromatic carbocycles. The van der Waals surface area contributed by atoms with E-state index in [1.165, 1.54) is 11.3 Å². The molecule has 1 atom stereocenters. The van der Waals surface area contributed by atoms with Crippen molar-refractivity contribution in [2.75, 3.05) is 6.54 Å². The summed E-state index contributed by atoms with van der Waals surface area (Å²) < 4.78 is 0.960. The van der Waals surface area contributed by atoms with Crippen LogP contribution in [0.15, 0.2) is 15.9 Å². The molecule has 0 radical (unpaired) electrons. The molecule has 1 fully saturated rings. The van der Waals surface area contributed by atoms with Crippen LogP contribution < -0.4 is 5.73 Å². The van der Waals surface area contributed by atoms with Crippen LogP contribution in [-0.4, -0.2) is 28.9 Å². The van der Waals surface area contributed by atoms with Gasteiger partial charge in [0.15, 0.2) is 0 Å². The van der Waals surface area contributed by atoms with Crippen molar-refractivity contribution in [1.29, 1.82) is 0 Å². The van der Waals surface area contributed by atoms with Crippen LogP contribution in [0.4, 0.5) is 0 Å². The fourth-order valence-electron chi connectivity index (χ4n) is 2.03. The smallest absolute Gasteiger partial charge is 0.264 e. The van der Waals surface area contributed by atoms with Crippen molar-refractivity contribution in [1.82, 2.24) is 4.90 Å². The van der Waals surface area contributed by atoms with Gasteiger partial charge in [0, 0.05) is 22.4 Å². The summed E-state index contributed by atoms with van der Waals surface area (Å²) in [6, 6.07) is 1.94. The van der Waals surface area contributed by atoms with E-state index in [0.29, 0.717) is 0 Å². The lowest BCUT2D eigenvalue weighted by Gasteiger charge is -2.34. The van der Waals surface area contributed by atoms with Crippen molar-refractivity contribution in [3.8, 4) is 0 Å². The number of nitrogens with zero attached hydrogens (tertiary/aromatic N) is 1. The summed E-state index contributed by atoms with van der Waals surface area (Å²) >= 11 is 4.83. The Morgan fingerprint density at radius 3 is 2.81 bits per heavy atom. The highest BCUT2D eigenvalue weighted by molar-refractivity contribution is 9.10. The van der Waals surface area contributed by atoms with Crippen molar-refractivity contribution in [2.45, 2.75) is 31.8 Å². The summed E-state index contributed by atoms with van der Waals surface area (Å²) in [4.78, 5) is 14.9. The van der Waals surface area contributed by atoms with Crippen LogP contribution in [0, 0.1) is 0 Å². The van der Waals surface area contributed by atoms with Crippen molar-refractivity contribution in [3.05, 3.63) is 20.8 Å². The highest BCUT2D eigenvalue weighted by atomic mass is 79.9. The maximum Gasteiger partial charge on any atom is 0.264 e. The second kappa shape index (κ2) is 4.13. The second-order valence-electron chi connectivity index (χ2n) is 4.63. The van der Waals surface area contributed by atoms with Gasteiger partial charge in [-0.25, -0.2) is 0 Å². The quantitative estimate of drug-likeness (QED) is 0.866. The summed E-state index contributed by atoms with van der Waals surface area (Å²) in [5.74, 6) is 0.0913. The Hall–Kier alpha value is -0.390. The summed E-state index contributed by atoms with van der Waals surface area (Å²) in [5, 5.41) is 1.93. The zero-order chi connectivity index (χ0) is 11.9. The van der Waals surface area contributed by atoms with Gasteiger partial charge in [0.2, 0.25) is 0 Å².